The second kappa shape index (κ2) is 7.44. The molecule has 7 nitrogen and oxygen atoms in total. The van der Waals surface area contributed by atoms with E-state index in [1.807, 2.05) is 30.3 Å². The van der Waals surface area contributed by atoms with Crippen molar-refractivity contribution in [1.82, 2.24) is 14.7 Å². The van der Waals surface area contributed by atoms with Gasteiger partial charge < -0.3 is 4.90 Å². The van der Waals surface area contributed by atoms with Crippen LogP contribution in [-0.4, -0.2) is 46.6 Å². The van der Waals surface area contributed by atoms with Gasteiger partial charge in [0.25, 0.3) is 11.5 Å². The van der Waals surface area contributed by atoms with Crippen molar-refractivity contribution < 1.29 is 13.2 Å². The molecule has 3 aromatic rings. The predicted molar refractivity (Wildman–Crippen MR) is 110 cm³/mol. The van der Waals surface area contributed by atoms with E-state index in [-0.39, 0.29) is 35.2 Å². The molecule has 1 aliphatic heterocycles. The zero-order valence-corrected chi connectivity index (χ0v) is 16.8. The molecule has 150 valence electrons. The molecular weight excluding hydrogens is 390 g/mol. The van der Waals surface area contributed by atoms with E-state index in [9.17, 15) is 18.0 Å². The first-order chi connectivity index (χ1) is 13.9. The van der Waals surface area contributed by atoms with Crippen molar-refractivity contribution in [2.75, 3.05) is 11.5 Å². The molecule has 1 amide bonds. The number of rotatable bonds is 4. The summed E-state index contributed by atoms with van der Waals surface area (Å²) in [5.74, 6) is -0.366. The first kappa shape index (κ1) is 19.3. The van der Waals surface area contributed by atoms with E-state index in [2.05, 4.69) is 5.10 Å². The standard InChI is InChI=1S/C21H21N3O4S/c1-23-20(25)18-10-6-5-9-17(18)19(22-23)21(26)24(13-15-7-3-2-4-8-15)16-11-12-29(27,28)14-16/h2-10,16H,11-14H2,1H3/t16-/m1/s1. The highest BCUT2D eigenvalue weighted by Gasteiger charge is 2.36. The van der Waals surface area contributed by atoms with Crippen LogP contribution in [0.3, 0.4) is 0 Å². The molecule has 29 heavy (non-hydrogen) atoms. The summed E-state index contributed by atoms with van der Waals surface area (Å²) in [6.07, 6.45) is 0.393. The monoisotopic (exact) mass is 411 g/mol. The number of carbonyl (C=O) groups is 1. The zero-order valence-electron chi connectivity index (χ0n) is 16.0. The maximum atomic E-state index is 13.6. The van der Waals surface area contributed by atoms with Crippen LogP contribution in [0.2, 0.25) is 0 Å². The van der Waals surface area contributed by atoms with Crippen molar-refractivity contribution in [3.05, 3.63) is 76.2 Å². The van der Waals surface area contributed by atoms with Crippen molar-refractivity contribution >= 4 is 26.5 Å². The van der Waals surface area contributed by atoms with Gasteiger partial charge in [0, 0.05) is 25.0 Å². The molecule has 0 saturated carbocycles. The van der Waals surface area contributed by atoms with Gasteiger partial charge in [-0.1, -0.05) is 48.5 Å². The molecule has 0 N–H and O–H groups in total. The van der Waals surface area contributed by atoms with E-state index in [0.717, 1.165) is 10.2 Å². The summed E-state index contributed by atoms with van der Waals surface area (Å²) in [6, 6.07) is 15.9. The van der Waals surface area contributed by atoms with Crippen LogP contribution in [0.15, 0.2) is 59.4 Å². The number of amides is 1. The highest BCUT2D eigenvalue weighted by atomic mass is 32.2. The Morgan fingerprint density at radius 1 is 1.10 bits per heavy atom. The van der Waals surface area contributed by atoms with Gasteiger partial charge >= 0.3 is 0 Å². The molecular formula is C21H21N3O4S. The number of nitrogens with zero attached hydrogens (tertiary/aromatic N) is 3. The predicted octanol–water partition coefficient (Wildman–Crippen LogP) is 1.76. The Balaban J connectivity index is 1.81. The summed E-state index contributed by atoms with van der Waals surface area (Å²) in [5, 5.41) is 5.12. The zero-order chi connectivity index (χ0) is 20.6. The summed E-state index contributed by atoms with van der Waals surface area (Å²) in [4.78, 5) is 27.6. The number of benzene rings is 2. The number of aromatic nitrogens is 2. The van der Waals surface area contributed by atoms with E-state index in [4.69, 9.17) is 0 Å². The maximum Gasteiger partial charge on any atom is 0.275 e. The molecule has 0 radical (unpaired) electrons. The quantitative estimate of drug-likeness (QED) is 0.653. The third kappa shape index (κ3) is 3.80. The molecule has 8 heteroatoms. The highest BCUT2D eigenvalue weighted by Crippen LogP contribution is 2.24. The molecule has 0 spiro atoms. The van der Waals surface area contributed by atoms with Gasteiger partial charge in [0.2, 0.25) is 0 Å². The van der Waals surface area contributed by atoms with Gasteiger partial charge in [-0.25, -0.2) is 13.1 Å². The summed E-state index contributed by atoms with van der Waals surface area (Å²) in [7, 11) is -1.67. The molecule has 0 aliphatic carbocycles. The average molecular weight is 411 g/mol. The lowest BCUT2D eigenvalue weighted by Gasteiger charge is -2.28. The fourth-order valence-corrected chi connectivity index (χ4v) is 5.49. The van der Waals surface area contributed by atoms with E-state index < -0.39 is 15.9 Å². The molecule has 1 aliphatic rings. The summed E-state index contributed by atoms with van der Waals surface area (Å²) in [6.45, 7) is 0.276. The normalized spacial score (nSPS) is 18.0. The van der Waals surface area contributed by atoms with Gasteiger partial charge in [-0.15, -0.1) is 0 Å². The summed E-state index contributed by atoms with van der Waals surface area (Å²) >= 11 is 0. The number of sulfone groups is 1. The number of hydrogen-bond donors (Lipinski definition) is 0. The summed E-state index contributed by atoms with van der Waals surface area (Å²) < 4.78 is 25.3. The fraction of sp³-hybridized carbons (Fsp3) is 0.286. The molecule has 4 rings (SSSR count). The number of fused-ring (bicyclic) bond motifs is 1. The van der Waals surface area contributed by atoms with Crippen LogP contribution in [-0.2, 0) is 23.4 Å². The molecule has 0 unspecified atom stereocenters. The number of carbonyl (C=O) groups excluding carboxylic acids is 1. The van der Waals surface area contributed by atoms with Crippen molar-refractivity contribution in [3.63, 3.8) is 0 Å². The van der Waals surface area contributed by atoms with E-state index in [1.165, 1.54) is 7.05 Å². The van der Waals surface area contributed by atoms with Gasteiger partial charge in [0.1, 0.15) is 0 Å². The molecule has 0 bridgehead atoms. The minimum absolute atomic E-state index is 0.0602. The Morgan fingerprint density at radius 2 is 1.76 bits per heavy atom. The molecule has 1 atom stereocenters. The second-order valence-electron chi connectivity index (χ2n) is 7.30. The first-order valence-electron chi connectivity index (χ1n) is 9.37. The van der Waals surface area contributed by atoms with Gasteiger partial charge in [0.05, 0.1) is 16.9 Å². The Kier molecular flexibility index (Phi) is 4.96. The Morgan fingerprint density at radius 3 is 2.41 bits per heavy atom. The van der Waals surface area contributed by atoms with Crippen molar-refractivity contribution in [1.29, 1.82) is 0 Å². The van der Waals surface area contributed by atoms with E-state index in [1.54, 1.807) is 29.2 Å². The molecule has 1 fully saturated rings. The minimum atomic E-state index is -3.18. The number of hydrogen-bond acceptors (Lipinski definition) is 5. The van der Waals surface area contributed by atoms with Crippen LogP contribution in [0, 0.1) is 0 Å². The van der Waals surface area contributed by atoms with Crippen LogP contribution >= 0.6 is 0 Å². The van der Waals surface area contributed by atoms with Crippen LogP contribution in [0.4, 0.5) is 0 Å². The van der Waals surface area contributed by atoms with Crippen LogP contribution in [0.5, 0.6) is 0 Å². The van der Waals surface area contributed by atoms with Gasteiger partial charge in [-0.05, 0) is 18.1 Å². The van der Waals surface area contributed by atoms with Gasteiger partial charge in [0.15, 0.2) is 15.5 Å². The molecule has 1 saturated heterocycles. The van der Waals surface area contributed by atoms with Crippen LogP contribution in [0.25, 0.3) is 10.8 Å². The van der Waals surface area contributed by atoms with Crippen LogP contribution in [0.1, 0.15) is 22.5 Å². The SMILES string of the molecule is Cn1nc(C(=O)N(Cc2ccccc2)[C@@H]2CCS(=O)(=O)C2)c2ccccc2c1=O. The summed E-state index contributed by atoms with van der Waals surface area (Å²) in [5.41, 5.74) is 0.775. The van der Waals surface area contributed by atoms with Gasteiger partial charge in [-0.3, -0.25) is 9.59 Å². The van der Waals surface area contributed by atoms with Crippen molar-refractivity contribution in [2.45, 2.75) is 19.0 Å². The molecule has 1 aromatic heterocycles. The highest BCUT2D eigenvalue weighted by molar-refractivity contribution is 7.91. The van der Waals surface area contributed by atoms with Crippen molar-refractivity contribution in [3.8, 4) is 0 Å². The van der Waals surface area contributed by atoms with E-state index in [0.29, 0.717) is 17.2 Å². The average Bonchev–Trinajstić information content (AvgIpc) is 3.08. The largest absolute Gasteiger partial charge is 0.329 e. The lowest BCUT2D eigenvalue weighted by atomic mass is 10.1. The lowest BCUT2D eigenvalue weighted by Crippen LogP contribution is -2.41. The number of aryl methyl sites for hydroxylation is 1. The van der Waals surface area contributed by atoms with E-state index >= 15 is 0 Å². The Bertz CT molecular complexity index is 1240. The maximum absolute atomic E-state index is 13.6. The third-order valence-corrected chi connectivity index (χ3v) is 7.02. The van der Waals surface area contributed by atoms with Crippen LogP contribution < -0.4 is 5.56 Å². The fourth-order valence-electron chi connectivity index (χ4n) is 3.76. The lowest BCUT2D eigenvalue weighted by molar-refractivity contribution is 0.0674. The Labute approximate surface area is 168 Å². The smallest absolute Gasteiger partial charge is 0.275 e. The van der Waals surface area contributed by atoms with Crippen molar-refractivity contribution in [2.24, 2.45) is 7.05 Å². The van der Waals surface area contributed by atoms with Gasteiger partial charge in [-0.2, -0.15) is 5.10 Å². The Hall–Kier alpha value is -3.00. The third-order valence-electron chi connectivity index (χ3n) is 5.26. The first-order valence-corrected chi connectivity index (χ1v) is 11.2. The molecule has 2 aromatic carbocycles. The second-order valence-corrected chi connectivity index (χ2v) is 9.53. The molecule has 2 heterocycles. The topological polar surface area (TPSA) is 89.3 Å². The minimum Gasteiger partial charge on any atom is -0.329 e.